The molecule has 25 heavy (non-hydrogen) atoms. The van der Waals surface area contributed by atoms with E-state index >= 15 is 0 Å². The largest absolute Gasteiger partial charge is 0.508 e. The summed E-state index contributed by atoms with van der Waals surface area (Å²) in [6, 6.07) is 3.54. The molecule has 1 fully saturated rings. The molecular formula is C18H22ClFN2O3. The van der Waals surface area contributed by atoms with Crippen LogP contribution >= 0.6 is 11.6 Å². The summed E-state index contributed by atoms with van der Waals surface area (Å²) < 4.78 is 13.6. The molecule has 5 nitrogen and oxygen atoms in total. The van der Waals surface area contributed by atoms with Gasteiger partial charge in [0.25, 0.3) is 0 Å². The predicted molar refractivity (Wildman–Crippen MR) is 93.7 cm³/mol. The molecule has 3 rings (SSSR count). The maximum absolute atomic E-state index is 13.6. The van der Waals surface area contributed by atoms with Gasteiger partial charge in [0.15, 0.2) is 0 Å². The molecule has 2 aliphatic rings. The van der Waals surface area contributed by atoms with Gasteiger partial charge in [-0.25, -0.2) is 4.39 Å². The van der Waals surface area contributed by atoms with E-state index in [9.17, 15) is 19.7 Å². The number of aromatic hydroxyl groups is 1. The normalized spacial score (nSPS) is 24.6. The van der Waals surface area contributed by atoms with Gasteiger partial charge in [-0.05, 0) is 30.7 Å². The van der Waals surface area contributed by atoms with E-state index in [1.54, 1.807) is 0 Å². The van der Waals surface area contributed by atoms with Gasteiger partial charge in [-0.1, -0.05) is 6.08 Å². The molecule has 1 saturated heterocycles. The van der Waals surface area contributed by atoms with Crippen LogP contribution in [0.2, 0.25) is 0 Å². The first-order valence-electron chi connectivity index (χ1n) is 8.27. The summed E-state index contributed by atoms with van der Waals surface area (Å²) in [5.74, 6) is -0.250. The molecule has 3 atom stereocenters. The van der Waals surface area contributed by atoms with Gasteiger partial charge >= 0.3 is 0 Å². The molecular weight excluding hydrogens is 347 g/mol. The van der Waals surface area contributed by atoms with E-state index in [4.69, 9.17) is 11.6 Å². The van der Waals surface area contributed by atoms with Crippen molar-refractivity contribution in [3.63, 3.8) is 0 Å². The van der Waals surface area contributed by atoms with Crippen molar-refractivity contribution >= 4 is 11.6 Å². The number of likely N-dealkylation sites (tertiary alicyclic amines) is 1. The standard InChI is InChI=1S/C18H22ClFN2O3/c19-8-15(24)10-21-5-1-2-13(9-21)22-11-14(23)7-17(22)16-6-12(20)3-4-18(16)25/h1-4,6,9,14-15,17,23-25H,5,7-8,10-11H2/t14?,15-,17-/m1/s1. The number of alkyl halides is 1. The number of hydrogen-bond donors (Lipinski definition) is 3. The molecule has 2 heterocycles. The molecule has 0 aliphatic carbocycles. The number of nitrogens with zero attached hydrogens (tertiary/aromatic N) is 2. The lowest BCUT2D eigenvalue weighted by Gasteiger charge is -2.33. The quantitative estimate of drug-likeness (QED) is 0.693. The Morgan fingerprint density at radius 2 is 2.16 bits per heavy atom. The van der Waals surface area contributed by atoms with Crippen LogP contribution in [0.5, 0.6) is 5.75 Å². The molecule has 1 unspecified atom stereocenters. The number of phenols is 1. The highest BCUT2D eigenvalue weighted by Crippen LogP contribution is 2.40. The number of halogens is 2. The summed E-state index contributed by atoms with van der Waals surface area (Å²) in [5.41, 5.74) is 1.31. The minimum Gasteiger partial charge on any atom is -0.508 e. The molecule has 1 aromatic carbocycles. The Kier molecular flexibility index (Phi) is 5.51. The zero-order valence-corrected chi connectivity index (χ0v) is 14.5. The molecule has 2 aliphatic heterocycles. The first kappa shape index (κ1) is 18.0. The monoisotopic (exact) mass is 368 g/mol. The third-order valence-electron chi connectivity index (χ3n) is 4.53. The topological polar surface area (TPSA) is 67.2 Å². The second-order valence-electron chi connectivity index (χ2n) is 6.48. The summed E-state index contributed by atoms with van der Waals surface area (Å²) in [5, 5.41) is 30.0. The molecule has 7 heteroatoms. The number of aliphatic hydroxyl groups excluding tert-OH is 2. The Morgan fingerprint density at radius 1 is 1.36 bits per heavy atom. The second-order valence-corrected chi connectivity index (χ2v) is 6.79. The van der Waals surface area contributed by atoms with Crippen LogP contribution in [0.4, 0.5) is 4.39 Å². The van der Waals surface area contributed by atoms with Crippen molar-refractivity contribution in [2.24, 2.45) is 0 Å². The third-order valence-corrected chi connectivity index (χ3v) is 4.88. The molecule has 1 aromatic rings. The molecule has 0 radical (unpaired) electrons. The molecule has 0 saturated carbocycles. The highest BCUT2D eigenvalue weighted by atomic mass is 35.5. The van der Waals surface area contributed by atoms with Gasteiger partial charge in [0.1, 0.15) is 11.6 Å². The highest BCUT2D eigenvalue weighted by molar-refractivity contribution is 6.18. The number of benzene rings is 1. The van der Waals surface area contributed by atoms with Crippen LogP contribution < -0.4 is 0 Å². The average Bonchev–Trinajstić information content (AvgIpc) is 2.99. The van der Waals surface area contributed by atoms with Crippen LogP contribution in [0.3, 0.4) is 0 Å². The predicted octanol–water partition coefficient (Wildman–Crippen LogP) is 1.95. The molecule has 136 valence electrons. The zero-order chi connectivity index (χ0) is 18.0. The highest BCUT2D eigenvalue weighted by Gasteiger charge is 2.35. The molecule has 3 N–H and O–H groups in total. The number of rotatable bonds is 5. The van der Waals surface area contributed by atoms with E-state index in [0.717, 1.165) is 5.70 Å². The van der Waals surface area contributed by atoms with Crippen LogP contribution in [0.25, 0.3) is 0 Å². The van der Waals surface area contributed by atoms with E-state index in [-0.39, 0.29) is 17.7 Å². The maximum atomic E-state index is 13.6. The minimum absolute atomic E-state index is 0.0142. The van der Waals surface area contributed by atoms with Crippen molar-refractivity contribution in [3.8, 4) is 5.75 Å². The number of phenolic OH excluding ortho intramolecular Hbond substituents is 1. The fourth-order valence-corrected chi connectivity index (χ4v) is 3.49. The minimum atomic E-state index is -0.627. The van der Waals surface area contributed by atoms with Crippen LogP contribution in [-0.4, -0.2) is 62.8 Å². The van der Waals surface area contributed by atoms with E-state index in [2.05, 4.69) is 0 Å². The summed E-state index contributed by atoms with van der Waals surface area (Å²) in [4.78, 5) is 3.89. The van der Waals surface area contributed by atoms with Crippen molar-refractivity contribution in [3.05, 3.63) is 53.6 Å². The summed E-state index contributed by atoms with van der Waals surface area (Å²) >= 11 is 5.67. The Labute approximate surface area is 151 Å². The first-order chi connectivity index (χ1) is 12.0. The average molecular weight is 369 g/mol. The van der Waals surface area contributed by atoms with Crippen LogP contribution in [0.1, 0.15) is 18.0 Å². The lowest BCUT2D eigenvalue weighted by atomic mass is 10.0. The van der Waals surface area contributed by atoms with E-state index in [1.807, 2.05) is 28.2 Å². The Morgan fingerprint density at radius 3 is 2.92 bits per heavy atom. The van der Waals surface area contributed by atoms with Crippen molar-refractivity contribution < 1.29 is 19.7 Å². The molecule has 0 aromatic heterocycles. The number of hydrogen-bond acceptors (Lipinski definition) is 5. The molecule has 0 bridgehead atoms. The number of aliphatic hydroxyl groups is 2. The Balaban J connectivity index is 1.86. The first-order valence-corrected chi connectivity index (χ1v) is 8.81. The van der Waals surface area contributed by atoms with Gasteiger partial charge in [0.2, 0.25) is 0 Å². The van der Waals surface area contributed by atoms with E-state index < -0.39 is 18.0 Å². The van der Waals surface area contributed by atoms with Crippen LogP contribution in [0.15, 0.2) is 42.2 Å². The fraction of sp³-hybridized carbons (Fsp3) is 0.444. The van der Waals surface area contributed by atoms with Crippen LogP contribution in [-0.2, 0) is 0 Å². The van der Waals surface area contributed by atoms with E-state index in [1.165, 1.54) is 18.2 Å². The lowest BCUT2D eigenvalue weighted by molar-refractivity contribution is 0.155. The maximum Gasteiger partial charge on any atom is 0.123 e. The molecule has 0 amide bonds. The SMILES string of the molecule is Oc1ccc(F)cc1[C@H]1CC(O)CN1C1=CN(C[C@H](O)CCl)CC=C1. The van der Waals surface area contributed by atoms with Crippen LogP contribution in [0, 0.1) is 5.82 Å². The summed E-state index contributed by atoms with van der Waals surface area (Å²) in [7, 11) is 0. The molecule has 0 spiro atoms. The Hall–Kier alpha value is -1.76. The lowest BCUT2D eigenvalue weighted by Crippen LogP contribution is -2.33. The zero-order valence-electron chi connectivity index (χ0n) is 13.7. The summed E-state index contributed by atoms with van der Waals surface area (Å²) in [6.45, 7) is 1.45. The fourth-order valence-electron chi connectivity index (χ4n) is 3.39. The number of allylic oxidation sites excluding steroid dienone is 1. The van der Waals surface area contributed by atoms with Gasteiger partial charge in [-0.15, -0.1) is 11.6 Å². The van der Waals surface area contributed by atoms with E-state index in [0.29, 0.717) is 31.6 Å². The summed E-state index contributed by atoms with van der Waals surface area (Å²) in [6.07, 6.45) is 5.02. The smallest absolute Gasteiger partial charge is 0.123 e. The van der Waals surface area contributed by atoms with Crippen molar-refractivity contribution in [1.82, 2.24) is 9.80 Å². The second kappa shape index (κ2) is 7.64. The van der Waals surface area contributed by atoms with Gasteiger partial charge in [-0.2, -0.15) is 0 Å². The number of β-amino-alcohol motifs (C(OH)–C–C–N with tert-alkyl or cyclic N) is 2. The van der Waals surface area contributed by atoms with Gasteiger partial charge in [0, 0.05) is 31.4 Å². The third kappa shape index (κ3) is 4.08. The van der Waals surface area contributed by atoms with Crippen molar-refractivity contribution in [2.75, 3.05) is 25.5 Å². The van der Waals surface area contributed by atoms with Gasteiger partial charge in [-0.3, -0.25) is 0 Å². The van der Waals surface area contributed by atoms with Gasteiger partial charge in [0.05, 0.1) is 29.8 Å². The van der Waals surface area contributed by atoms with Gasteiger partial charge < -0.3 is 25.1 Å². The van der Waals surface area contributed by atoms with Crippen molar-refractivity contribution in [2.45, 2.75) is 24.7 Å². The van der Waals surface area contributed by atoms with Crippen molar-refractivity contribution in [1.29, 1.82) is 0 Å². The Bertz CT molecular complexity index is 682.